The van der Waals surface area contributed by atoms with E-state index in [1.807, 2.05) is 30.3 Å². The second-order valence-corrected chi connectivity index (χ2v) is 8.44. The molecule has 2 N–H and O–H groups in total. The van der Waals surface area contributed by atoms with E-state index < -0.39 is 11.1 Å². The molecule has 4 rings (SSSR count). The van der Waals surface area contributed by atoms with E-state index in [0.29, 0.717) is 22.1 Å². The number of H-pyrrole nitrogens is 1. The molecule has 2 aromatic carbocycles. The summed E-state index contributed by atoms with van der Waals surface area (Å²) in [5.41, 5.74) is 1.53. The van der Waals surface area contributed by atoms with Crippen molar-refractivity contribution in [2.24, 2.45) is 7.05 Å². The average molecular weight is 453 g/mol. The predicted molar refractivity (Wildman–Crippen MR) is 121 cm³/mol. The van der Waals surface area contributed by atoms with Gasteiger partial charge in [0.1, 0.15) is 11.5 Å². The molecule has 0 fully saturated rings. The molecule has 0 radical (unpaired) electrons. The monoisotopic (exact) mass is 452 g/mol. The van der Waals surface area contributed by atoms with Gasteiger partial charge in [0.15, 0.2) is 5.82 Å². The molecule has 32 heavy (non-hydrogen) atoms. The molecule has 1 atom stereocenters. The Morgan fingerprint density at radius 1 is 1.16 bits per heavy atom. The summed E-state index contributed by atoms with van der Waals surface area (Å²) in [6.45, 7) is 3.46. The molecule has 0 saturated carbocycles. The second kappa shape index (κ2) is 8.83. The summed E-state index contributed by atoms with van der Waals surface area (Å²) in [6, 6.07) is 15.4. The van der Waals surface area contributed by atoms with Crippen LogP contribution < -0.4 is 10.9 Å². The van der Waals surface area contributed by atoms with Gasteiger partial charge in [-0.2, -0.15) is 0 Å². The van der Waals surface area contributed by atoms with Crippen LogP contribution in [-0.2, 0) is 11.8 Å². The number of halogens is 1. The van der Waals surface area contributed by atoms with E-state index in [0.717, 1.165) is 11.8 Å². The number of carbonyl (C=O) groups excluding carboxylic acids is 1. The molecule has 4 aromatic rings. The maximum absolute atomic E-state index is 14.0. The Labute approximate surface area is 187 Å². The van der Waals surface area contributed by atoms with Gasteiger partial charge in [-0.05, 0) is 38.1 Å². The van der Waals surface area contributed by atoms with Gasteiger partial charge in [0.25, 0.3) is 5.56 Å². The molecule has 0 aliphatic rings. The number of aromatic amines is 1. The molecular weight excluding hydrogens is 431 g/mol. The first-order valence-electron chi connectivity index (χ1n) is 9.85. The van der Waals surface area contributed by atoms with Crippen molar-refractivity contribution in [1.29, 1.82) is 0 Å². The summed E-state index contributed by atoms with van der Waals surface area (Å²) < 4.78 is 17.2. The normalized spacial score (nSPS) is 12.0. The fourth-order valence-corrected chi connectivity index (χ4v) is 3.95. The number of carbonyl (C=O) groups is 1. The van der Waals surface area contributed by atoms with Crippen LogP contribution in [0, 0.1) is 12.7 Å². The maximum atomic E-state index is 14.0. The lowest BCUT2D eigenvalue weighted by Crippen LogP contribution is -2.27. The molecule has 0 unspecified atom stereocenters. The highest BCUT2D eigenvalue weighted by Crippen LogP contribution is 2.25. The number of hydrogen-bond donors (Lipinski definition) is 2. The molecular formula is C22H21FN6O2S. The fourth-order valence-electron chi connectivity index (χ4n) is 3.22. The number of benzene rings is 2. The number of nitrogens with one attached hydrogen (secondary N) is 2. The zero-order valence-electron chi connectivity index (χ0n) is 17.7. The smallest absolute Gasteiger partial charge is 0.295 e. The minimum absolute atomic E-state index is 0.218. The Bertz CT molecular complexity index is 1330. The second-order valence-electron chi connectivity index (χ2n) is 7.13. The summed E-state index contributed by atoms with van der Waals surface area (Å²) in [5, 5.41) is 9.21. The lowest BCUT2D eigenvalue weighted by Gasteiger charge is -2.09. The largest absolute Gasteiger partial charge is 0.319 e. The van der Waals surface area contributed by atoms with Gasteiger partial charge in [0.05, 0.1) is 22.2 Å². The van der Waals surface area contributed by atoms with Crippen LogP contribution in [0.2, 0.25) is 0 Å². The third-order valence-electron chi connectivity index (χ3n) is 5.05. The van der Waals surface area contributed by atoms with E-state index in [1.54, 1.807) is 43.8 Å². The van der Waals surface area contributed by atoms with Crippen LogP contribution in [0.1, 0.15) is 12.6 Å². The van der Waals surface area contributed by atoms with Crippen LogP contribution in [-0.4, -0.2) is 35.7 Å². The fraction of sp³-hybridized carbons (Fsp3) is 0.182. The Morgan fingerprint density at radius 3 is 2.56 bits per heavy atom. The third kappa shape index (κ3) is 4.09. The SMILES string of the molecule is Cc1c(NC(=O)[C@@H](C)Sc2n[nH]c(-c3ccccc3F)n2)c(=O)n(-c2ccccc2)n1C. The number of para-hydroxylation sites is 1. The van der Waals surface area contributed by atoms with Crippen LogP contribution in [0.15, 0.2) is 64.5 Å². The minimum atomic E-state index is -0.594. The molecule has 2 aromatic heterocycles. The summed E-state index contributed by atoms with van der Waals surface area (Å²) in [7, 11) is 1.76. The van der Waals surface area contributed by atoms with Gasteiger partial charge in [0.2, 0.25) is 11.1 Å². The average Bonchev–Trinajstić information content (AvgIpc) is 3.33. The maximum Gasteiger partial charge on any atom is 0.295 e. The topological polar surface area (TPSA) is 97.6 Å². The lowest BCUT2D eigenvalue weighted by atomic mass is 10.2. The Balaban J connectivity index is 1.51. The molecule has 8 nitrogen and oxygen atoms in total. The van der Waals surface area contributed by atoms with Crippen molar-refractivity contribution in [3.8, 4) is 17.1 Å². The molecule has 0 bridgehead atoms. The number of nitrogens with zero attached hydrogens (tertiary/aromatic N) is 4. The number of rotatable bonds is 6. The van der Waals surface area contributed by atoms with Crippen molar-refractivity contribution in [2.45, 2.75) is 24.3 Å². The van der Waals surface area contributed by atoms with Gasteiger partial charge in [0, 0.05) is 7.05 Å². The van der Waals surface area contributed by atoms with Crippen molar-refractivity contribution in [2.75, 3.05) is 5.32 Å². The number of amides is 1. The zero-order chi connectivity index (χ0) is 22.8. The van der Waals surface area contributed by atoms with E-state index in [9.17, 15) is 14.0 Å². The first-order valence-corrected chi connectivity index (χ1v) is 10.7. The van der Waals surface area contributed by atoms with E-state index >= 15 is 0 Å². The van der Waals surface area contributed by atoms with E-state index in [4.69, 9.17) is 0 Å². The van der Waals surface area contributed by atoms with E-state index in [-0.39, 0.29) is 23.0 Å². The van der Waals surface area contributed by atoms with Gasteiger partial charge in [-0.3, -0.25) is 19.4 Å². The van der Waals surface area contributed by atoms with Gasteiger partial charge in [-0.25, -0.2) is 14.1 Å². The van der Waals surface area contributed by atoms with Gasteiger partial charge in [-0.15, -0.1) is 5.10 Å². The number of aromatic nitrogens is 5. The third-order valence-corrected chi connectivity index (χ3v) is 6.01. The highest BCUT2D eigenvalue weighted by Gasteiger charge is 2.23. The lowest BCUT2D eigenvalue weighted by molar-refractivity contribution is -0.115. The molecule has 1 amide bonds. The molecule has 0 aliphatic heterocycles. The standard InChI is InChI=1S/C22H21FN6O2S/c1-13-18(21(31)29(28(13)3)15-9-5-4-6-10-15)24-20(30)14(2)32-22-25-19(26-27-22)16-11-7-8-12-17(16)23/h4-12,14H,1-3H3,(H,24,30)(H,25,26,27)/t14-/m1/s1. The highest BCUT2D eigenvalue weighted by atomic mass is 32.2. The summed E-state index contributed by atoms with van der Waals surface area (Å²) in [5.74, 6) is -0.499. The number of hydrogen-bond acceptors (Lipinski definition) is 5. The molecule has 0 saturated heterocycles. The highest BCUT2D eigenvalue weighted by molar-refractivity contribution is 8.00. The van der Waals surface area contributed by atoms with Crippen LogP contribution in [0.3, 0.4) is 0 Å². The molecule has 0 aliphatic carbocycles. The summed E-state index contributed by atoms with van der Waals surface area (Å²) in [4.78, 5) is 30.0. The van der Waals surface area contributed by atoms with Crippen molar-refractivity contribution in [3.63, 3.8) is 0 Å². The summed E-state index contributed by atoms with van der Waals surface area (Å²) >= 11 is 1.11. The number of thioether (sulfide) groups is 1. The van der Waals surface area contributed by atoms with Crippen LogP contribution in [0.25, 0.3) is 17.1 Å². The predicted octanol–water partition coefficient (Wildman–Crippen LogP) is 3.53. The Kier molecular flexibility index (Phi) is 5.95. The van der Waals surface area contributed by atoms with Gasteiger partial charge in [-0.1, -0.05) is 42.1 Å². The van der Waals surface area contributed by atoms with Crippen molar-refractivity contribution in [3.05, 3.63) is 76.5 Å². The van der Waals surface area contributed by atoms with Gasteiger partial charge >= 0.3 is 0 Å². The Morgan fingerprint density at radius 2 is 1.84 bits per heavy atom. The first kappa shape index (κ1) is 21.6. The number of anilines is 1. The molecule has 164 valence electrons. The molecule has 0 spiro atoms. The molecule has 10 heteroatoms. The first-order chi connectivity index (χ1) is 15.4. The van der Waals surface area contributed by atoms with Crippen molar-refractivity contribution < 1.29 is 9.18 Å². The van der Waals surface area contributed by atoms with Crippen LogP contribution in [0.4, 0.5) is 10.1 Å². The van der Waals surface area contributed by atoms with Crippen molar-refractivity contribution >= 4 is 23.4 Å². The van der Waals surface area contributed by atoms with Gasteiger partial charge < -0.3 is 5.32 Å². The van der Waals surface area contributed by atoms with E-state index in [2.05, 4.69) is 20.5 Å². The molecule has 2 heterocycles. The Hall–Kier alpha value is -3.66. The quantitative estimate of drug-likeness (QED) is 0.436. The summed E-state index contributed by atoms with van der Waals surface area (Å²) in [6.07, 6.45) is 0. The van der Waals surface area contributed by atoms with E-state index in [1.165, 1.54) is 10.7 Å². The zero-order valence-corrected chi connectivity index (χ0v) is 18.5. The van der Waals surface area contributed by atoms with Crippen LogP contribution in [0.5, 0.6) is 0 Å². The van der Waals surface area contributed by atoms with Crippen LogP contribution >= 0.6 is 11.8 Å². The van der Waals surface area contributed by atoms with Crippen molar-refractivity contribution in [1.82, 2.24) is 24.5 Å². The minimum Gasteiger partial charge on any atom is -0.319 e.